The lowest BCUT2D eigenvalue weighted by molar-refractivity contribution is -0.512. The molecule has 3 aromatic rings. The van der Waals surface area contributed by atoms with Gasteiger partial charge < -0.3 is 4.55 Å². The van der Waals surface area contributed by atoms with Crippen LogP contribution in [0.1, 0.15) is 22.4 Å². The number of imidazole rings is 1. The fourth-order valence-electron chi connectivity index (χ4n) is 2.78. The quantitative estimate of drug-likeness (QED) is 0.412. The summed E-state index contributed by atoms with van der Waals surface area (Å²) in [5.41, 5.74) is 4.23. The van der Waals surface area contributed by atoms with Gasteiger partial charge in [0, 0.05) is 6.92 Å². The number of aromatic nitrogens is 2. The number of nitrogens with zero attached hydrogens (tertiary/aromatic N) is 2. The standard InChI is InChI=1S/C9H12O3S.C8H10N3/c1-6-4-7(2)9(8(3)5-6)13(10,11)12;1-7-8-4-2-3-5-10(8)6-11(7)9/h4-5H,1-3H3,(H,10,11,12);2-6H,9H2,1H3/q;+1/p-1. The maximum absolute atomic E-state index is 10.8. The highest BCUT2D eigenvalue weighted by Gasteiger charge is 2.09. The van der Waals surface area contributed by atoms with Crippen LogP contribution in [0.15, 0.2) is 47.8 Å². The average Bonchev–Trinajstić information content (AvgIpc) is 2.72. The van der Waals surface area contributed by atoms with Crippen LogP contribution in [-0.2, 0) is 10.1 Å². The van der Waals surface area contributed by atoms with E-state index in [9.17, 15) is 13.0 Å². The lowest BCUT2D eigenvalue weighted by Crippen LogP contribution is -2.18. The van der Waals surface area contributed by atoms with Crippen molar-refractivity contribution in [2.45, 2.75) is 32.6 Å². The molecule has 0 unspecified atom stereocenters. The van der Waals surface area contributed by atoms with Gasteiger partial charge in [0.2, 0.25) is 0 Å². The molecule has 0 atom stereocenters. The minimum atomic E-state index is -4.33. The first-order valence-corrected chi connectivity index (χ1v) is 8.79. The SMILES string of the molecule is Cc1c2cccc[n+]2cn1N.Cc1cc(C)c(S(=O)(=O)[O-])c(C)c1. The van der Waals surface area contributed by atoms with E-state index in [1.165, 1.54) is 0 Å². The number of aryl methyl sites for hydroxylation is 4. The highest BCUT2D eigenvalue weighted by molar-refractivity contribution is 7.85. The summed E-state index contributed by atoms with van der Waals surface area (Å²) in [6.07, 6.45) is 3.83. The third-order valence-electron chi connectivity index (χ3n) is 3.75. The van der Waals surface area contributed by atoms with Crippen molar-refractivity contribution in [1.29, 1.82) is 0 Å². The first-order valence-electron chi connectivity index (χ1n) is 7.38. The number of nitrogens with two attached hydrogens (primary N) is 1. The Morgan fingerprint density at radius 2 is 1.67 bits per heavy atom. The van der Waals surface area contributed by atoms with Gasteiger partial charge in [0.05, 0.1) is 11.1 Å². The number of nitrogen functional groups attached to an aromatic ring is 1. The molecule has 2 aromatic heterocycles. The Labute approximate surface area is 141 Å². The van der Waals surface area contributed by atoms with E-state index in [0.717, 1.165) is 16.8 Å². The molecule has 0 radical (unpaired) electrons. The summed E-state index contributed by atoms with van der Waals surface area (Å²) in [5.74, 6) is 5.65. The maximum atomic E-state index is 10.8. The fourth-order valence-corrected chi connectivity index (χ4v) is 3.68. The van der Waals surface area contributed by atoms with Crippen molar-refractivity contribution < 1.29 is 17.4 Å². The maximum Gasteiger partial charge on any atom is 0.272 e. The summed E-state index contributed by atoms with van der Waals surface area (Å²) in [7, 11) is -4.33. The van der Waals surface area contributed by atoms with Gasteiger partial charge in [0.15, 0.2) is 11.2 Å². The second-order valence-corrected chi connectivity index (χ2v) is 7.10. The lowest BCUT2D eigenvalue weighted by Gasteiger charge is -2.14. The van der Waals surface area contributed by atoms with Crippen LogP contribution in [0, 0.1) is 27.7 Å². The minimum Gasteiger partial charge on any atom is -0.744 e. The zero-order chi connectivity index (χ0) is 18.1. The first kappa shape index (κ1) is 18.0. The summed E-state index contributed by atoms with van der Waals surface area (Å²) in [4.78, 5) is -0.0851. The predicted octanol–water partition coefficient (Wildman–Crippen LogP) is 1.76. The van der Waals surface area contributed by atoms with Crippen LogP contribution in [0.25, 0.3) is 5.52 Å². The van der Waals surface area contributed by atoms with Gasteiger partial charge >= 0.3 is 0 Å². The van der Waals surface area contributed by atoms with Crippen LogP contribution in [0.2, 0.25) is 0 Å². The lowest BCUT2D eigenvalue weighted by atomic mass is 10.1. The molecule has 1 aromatic carbocycles. The molecular weight excluding hydrogens is 326 g/mol. The van der Waals surface area contributed by atoms with E-state index < -0.39 is 10.1 Å². The monoisotopic (exact) mass is 347 g/mol. The van der Waals surface area contributed by atoms with E-state index in [-0.39, 0.29) is 4.90 Å². The number of fused-ring (bicyclic) bond motifs is 1. The summed E-state index contributed by atoms with van der Waals surface area (Å²) in [6, 6.07) is 9.41. The number of hydrogen-bond donors (Lipinski definition) is 1. The molecule has 0 spiro atoms. The van der Waals surface area contributed by atoms with Crippen LogP contribution in [0.3, 0.4) is 0 Å². The van der Waals surface area contributed by atoms with Crippen LogP contribution in [0.5, 0.6) is 0 Å². The molecule has 24 heavy (non-hydrogen) atoms. The molecule has 0 saturated carbocycles. The molecule has 0 amide bonds. The number of rotatable bonds is 1. The van der Waals surface area contributed by atoms with Crippen molar-refractivity contribution >= 4 is 15.6 Å². The van der Waals surface area contributed by atoms with Crippen LogP contribution >= 0.6 is 0 Å². The van der Waals surface area contributed by atoms with Crippen molar-refractivity contribution in [2.24, 2.45) is 0 Å². The van der Waals surface area contributed by atoms with Gasteiger partial charge in [0.25, 0.3) is 6.33 Å². The molecule has 2 heterocycles. The third-order valence-corrected chi connectivity index (χ3v) is 4.90. The topological polar surface area (TPSA) is 92.2 Å². The second kappa shape index (κ2) is 6.62. The molecule has 0 fully saturated rings. The van der Waals surface area contributed by atoms with E-state index in [2.05, 4.69) is 0 Å². The smallest absolute Gasteiger partial charge is 0.272 e. The summed E-state index contributed by atoms with van der Waals surface area (Å²) >= 11 is 0. The van der Waals surface area contributed by atoms with Gasteiger partial charge in [-0.1, -0.05) is 23.8 Å². The van der Waals surface area contributed by atoms with Crippen molar-refractivity contribution in [3.8, 4) is 0 Å². The van der Waals surface area contributed by atoms with Gasteiger partial charge in [-0.2, -0.15) is 0 Å². The van der Waals surface area contributed by atoms with Crippen molar-refractivity contribution in [2.75, 3.05) is 5.84 Å². The fraction of sp³-hybridized carbons (Fsp3) is 0.235. The van der Waals surface area contributed by atoms with Crippen molar-refractivity contribution in [3.05, 3.63) is 65.2 Å². The van der Waals surface area contributed by atoms with Crippen LogP contribution in [0.4, 0.5) is 0 Å². The summed E-state index contributed by atoms with van der Waals surface area (Å²) in [6.45, 7) is 7.12. The number of pyridine rings is 1. The van der Waals surface area contributed by atoms with Gasteiger partial charge in [-0.3, -0.25) is 5.84 Å². The second-order valence-electron chi connectivity index (χ2n) is 5.78. The first-order chi connectivity index (χ1) is 11.1. The molecule has 0 aliphatic heterocycles. The van der Waals surface area contributed by atoms with Gasteiger partial charge in [-0.05, 0) is 44.0 Å². The predicted molar refractivity (Wildman–Crippen MR) is 91.1 cm³/mol. The molecule has 0 bridgehead atoms. The molecule has 0 aliphatic rings. The molecule has 0 aliphatic carbocycles. The highest BCUT2D eigenvalue weighted by Crippen LogP contribution is 2.20. The van der Waals surface area contributed by atoms with Crippen molar-refractivity contribution in [1.82, 2.24) is 4.68 Å². The normalized spacial score (nSPS) is 11.2. The third kappa shape index (κ3) is 3.74. The zero-order valence-corrected chi connectivity index (χ0v) is 15.0. The van der Waals surface area contributed by atoms with E-state index in [4.69, 9.17) is 5.84 Å². The minimum absolute atomic E-state index is 0.0851. The van der Waals surface area contributed by atoms with Crippen LogP contribution < -0.4 is 10.2 Å². The molecule has 2 N–H and O–H groups in total. The van der Waals surface area contributed by atoms with Gasteiger partial charge in [0.1, 0.15) is 10.1 Å². The molecular formula is C17H21N3O3S. The van der Waals surface area contributed by atoms with E-state index in [0.29, 0.717) is 11.1 Å². The Morgan fingerprint density at radius 1 is 1.08 bits per heavy atom. The Hall–Kier alpha value is -2.38. The zero-order valence-electron chi connectivity index (χ0n) is 14.1. The number of benzene rings is 1. The summed E-state index contributed by atoms with van der Waals surface area (Å²) in [5, 5.41) is 0. The van der Waals surface area contributed by atoms with E-state index in [1.54, 1.807) is 30.7 Å². The average molecular weight is 347 g/mol. The van der Waals surface area contributed by atoms with Crippen LogP contribution in [-0.4, -0.2) is 17.6 Å². The van der Waals surface area contributed by atoms with Gasteiger partial charge in [-0.25, -0.2) is 12.8 Å². The molecule has 6 nitrogen and oxygen atoms in total. The number of hydrogen-bond acceptors (Lipinski definition) is 4. The van der Waals surface area contributed by atoms with Crippen molar-refractivity contribution in [3.63, 3.8) is 0 Å². The Kier molecular flexibility index (Phi) is 4.96. The molecule has 3 rings (SSSR count). The molecule has 128 valence electrons. The molecule has 7 heteroatoms. The highest BCUT2D eigenvalue weighted by atomic mass is 32.2. The summed E-state index contributed by atoms with van der Waals surface area (Å²) < 4.78 is 36.1. The largest absolute Gasteiger partial charge is 0.744 e. The Morgan fingerprint density at radius 3 is 2.17 bits per heavy atom. The molecule has 0 saturated heterocycles. The van der Waals surface area contributed by atoms with Gasteiger partial charge in [-0.15, -0.1) is 4.68 Å². The van der Waals surface area contributed by atoms with E-state index in [1.807, 2.05) is 49.0 Å². The Bertz CT molecular complexity index is 968. The Balaban J connectivity index is 0.000000175. The van der Waals surface area contributed by atoms with E-state index >= 15 is 0 Å².